The molecule has 4 nitrogen and oxygen atoms in total. The van der Waals surface area contributed by atoms with Gasteiger partial charge in [-0.25, -0.2) is 0 Å². The summed E-state index contributed by atoms with van der Waals surface area (Å²) in [5, 5.41) is 16.8. The number of aromatic nitrogens is 2. The normalized spacial score (nSPS) is 10.3. The Morgan fingerprint density at radius 1 is 1.44 bits per heavy atom. The smallest absolute Gasteiger partial charge is 0.0992 e. The Balaban J connectivity index is 1.92. The van der Waals surface area contributed by atoms with Crippen LogP contribution in [-0.4, -0.2) is 9.78 Å². The molecule has 0 radical (unpaired) electrons. The van der Waals surface area contributed by atoms with E-state index in [1.54, 1.807) is 16.8 Å². The third kappa shape index (κ3) is 3.10. The van der Waals surface area contributed by atoms with Crippen LogP contribution in [0.15, 0.2) is 30.6 Å². The number of nitrogens with zero attached hydrogens (tertiary/aromatic N) is 3. The van der Waals surface area contributed by atoms with Crippen molar-refractivity contribution in [1.29, 1.82) is 5.26 Å². The van der Waals surface area contributed by atoms with Gasteiger partial charge in [0.25, 0.3) is 0 Å². The summed E-state index contributed by atoms with van der Waals surface area (Å²) in [5.41, 5.74) is 2.69. The molecule has 0 amide bonds. The molecular weight excluding hydrogens is 248 g/mol. The molecule has 1 aromatic heterocycles. The zero-order valence-corrected chi connectivity index (χ0v) is 10.8. The first kappa shape index (κ1) is 12.6. The molecule has 1 N–H and O–H groups in total. The van der Waals surface area contributed by atoms with Crippen LogP contribution in [0.25, 0.3) is 0 Å². The van der Waals surface area contributed by atoms with Gasteiger partial charge in [0.05, 0.1) is 17.8 Å². The third-order valence-electron chi connectivity index (χ3n) is 2.59. The summed E-state index contributed by atoms with van der Waals surface area (Å²) in [6, 6.07) is 7.39. The molecule has 0 bridgehead atoms. The molecule has 0 spiro atoms. The molecule has 0 aliphatic heterocycles. The summed E-state index contributed by atoms with van der Waals surface area (Å²) in [6.07, 6.45) is 3.79. The second kappa shape index (κ2) is 5.67. The van der Waals surface area contributed by atoms with Gasteiger partial charge in [-0.05, 0) is 17.7 Å². The van der Waals surface area contributed by atoms with E-state index in [1.165, 1.54) is 0 Å². The van der Waals surface area contributed by atoms with E-state index in [9.17, 15) is 0 Å². The van der Waals surface area contributed by atoms with Gasteiger partial charge in [-0.2, -0.15) is 10.4 Å². The summed E-state index contributed by atoms with van der Waals surface area (Å²) >= 11 is 6.09. The first-order valence-corrected chi connectivity index (χ1v) is 5.93. The predicted octanol–water partition coefficient (Wildman–Crippen LogP) is 2.23. The number of hydrogen-bond donors (Lipinski definition) is 1. The minimum absolute atomic E-state index is 0.580. The van der Waals surface area contributed by atoms with E-state index in [1.807, 2.05) is 25.5 Å². The minimum Gasteiger partial charge on any atom is -0.308 e. The number of benzene rings is 1. The fourth-order valence-electron chi connectivity index (χ4n) is 1.66. The van der Waals surface area contributed by atoms with Crippen molar-refractivity contribution in [2.75, 3.05) is 0 Å². The van der Waals surface area contributed by atoms with E-state index in [0.717, 1.165) is 17.7 Å². The van der Waals surface area contributed by atoms with Gasteiger partial charge in [-0.1, -0.05) is 17.7 Å². The zero-order chi connectivity index (χ0) is 13.0. The van der Waals surface area contributed by atoms with Crippen molar-refractivity contribution in [3.8, 4) is 6.07 Å². The number of nitrogens with one attached hydrogen (secondary N) is 1. The van der Waals surface area contributed by atoms with Crippen LogP contribution in [0.3, 0.4) is 0 Å². The fourth-order valence-corrected chi connectivity index (χ4v) is 1.91. The average Bonchev–Trinajstić information content (AvgIpc) is 2.77. The van der Waals surface area contributed by atoms with E-state index in [-0.39, 0.29) is 0 Å². The maximum atomic E-state index is 8.75. The predicted molar refractivity (Wildman–Crippen MR) is 69.9 cm³/mol. The summed E-state index contributed by atoms with van der Waals surface area (Å²) in [5.74, 6) is 0. The van der Waals surface area contributed by atoms with Crippen molar-refractivity contribution >= 4 is 11.6 Å². The van der Waals surface area contributed by atoms with Crippen molar-refractivity contribution in [3.63, 3.8) is 0 Å². The Kier molecular flexibility index (Phi) is 3.98. The topological polar surface area (TPSA) is 53.6 Å². The Morgan fingerprint density at radius 2 is 2.28 bits per heavy atom. The van der Waals surface area contributed by atoms with E-state index >= 15 is 0 Å². The molecular formula is C13H13ClN4. The molecule has 18 heavy (non-hydrogen) atoms. The van der Waals surface area contributed by atoms with Gasteiger partial charge in [-0.15, -0.1) is 0 Å². The van der Waals surface area contributed by atoms with E-state index in [0.29, 0.717) is 17.1 Å². The van der Waals surface area contributed by atoms with Crippen molar-refractivity contribution in [3.05, 3.63) is 52.3 Å². The molecule has 0 saturated heterocycles. The van der Waals surface area contributed by atoms with Crippen molar-refractivity contribution in [2.24, 2.45) is 7.05 Å². The fraction of sp³-hybridized carbons (Fsp3) is 0.231. The molecule has 0 aliphatic rings. The molecule has 1 aromatic carbocycles. The number of nitriles is 1. The summed E-state index contributed by atoms with van der Waals surface area (Å²) in [6.45, 7) is 1.41. The number of aryl methyl sites for hydroxylation is 1. The molecule has 0 unspecified atom stereocenters. The average molecular weight is 261 g/mol. The summed E-state index contributed by atoms with van der Waals surface area (Å²) < 4.78 is 1.77. The first-order valence-electron chi connectivity index (χ1n) is 5.56. The maximum Gasteiger partial charge on any atom is 0.0992 e. The highest BCUT2D eigenvalue weighted by molar-refractivity contribution is 6.31. The lowest BCUT2D eigenvalue weighted by atomic mass is 10.1. The van der Waals surface area contributed by atoms with Crippen LogP contribution in [0.5, 0.6) is 0 Å². The number of halogens is 1. The highest BCUT2D eigenvalue weighted by atomic mass is 35.5. The van der Waals surface area contributed by atoms with Crippen molar-refractivity contribution in [1.82, 2.24) is 15.1 Å². The van der Waals surface area contributed by atoms with E-state index in [2.05, 4.69) is 16.5 Å². The van der Waals surface area contributed by atoms with Gasteiger partial charge in [0, 0.05) is 36.9 Å². The van der Waals surface area contributed by atoms with Gasteiger partial charge in [0.1, 0.15) is 0 Å². The van der Waals surface area contributed by atoms with Crippen LogP contribution >= 0.6 is 11.6 Å². The Bertz CT molecular complexity index is 583. The number of rotatable bonds is 4. The highest BCUT2D eigenvalue weighted by Gasteiger charge is 2.02. The van der Waals surface area contributed by atoms with Gasteiger partial charge in [-0.3, -0.25) is 4.68 Å². The molecule has 0 saturated carbocycles. The minimum atomic E-state index is 0.580. The van der Waals surface area contributed by atoms with Crippen LogP contribution in [0, 0.1) is 11.3 Å². The molecule has 0 atom stereocenters. The second-order valence-corrected chi connectivity index (χ2v) is 4.45. The summed E-state index contributed by atoms with van der Waals surface area (Å²) in [7, 11) is 1.89. The van der Waals surface area contributed by atoms with Gasteiger partial charge < -0.3 is 5.32 Å². The molecule has 92 valence electrons. The van der Waals surface area contributed by atoms with Crippen LogP contribution in [-0.2, 0) is 20.1 Å². The van der Waals surface area contributed by atoms with Crippen LogP contribution < -0.4 is 5.32 Å². The highest BCUT2D eigenvalue weighted by Crippen LogP contribution is 2.17. The lowest BCUT2D eigenvalue weighted by Gasteiger charge is -2.05. The molecule has 2 aromatic rings. The van der Waals surface area contributed by atoms with Crippen molar-refractivity contribution in [2.45, 2.75) is 13.1 Å². The van der Waals surface area contributed by atoms with Gasteiger partial charge in [0.2, 0.25) is 0 Å². The first-order chi connectivity index (χ1) is 8.69. The van der Waals surface area contributed by atoms with E-state index < -0.39 is 0 Å². The van der Waals surface area contributed by atoms with E-state index in [4.69, 9.17) is 16.9 Å². The molecule has 1 heterocycles. The quantitative estimate of drug-likeness (QED) is 0.917. The lowest BCUT2D eigenvalue weighted by Crippen LogP contribution is -2.12. The lowest BCUT2D eigenvalue weighted by molar-refractivity contribution is 0.692. The molecule has 0 aliphatic carbocycles. The third-order valence-corrected chi connectivity index (χ3v) is 2.94. The van der Waals surface area contributed by atoms with Gasteiger partial charge in [0.15, 0.2) is 0 Å². The van der Waals surface area contributed by atoms with Crippen LogP contribution in [0.4, 0.5) is 0 Å². The van der Waals surface area contributed by atoms with Gasteiger partial charge >= 0.3 is 0 Å². The van der Waals surface area contributed by atoms with Crippen LogP contribution in [0.2, 0.25) is 5.02 Å². The standard InChI is InChI=1S/C13H13ClN4/c1-18-9-11(7-17-18)6-16-8-12-3-2-10(5-15)4-13(12)14/h2-4,7,9,16H,6,8H2,1H3. The maximum absolute atomic E-state index is 8.75. The largest absolute Gasteiger partial charge is 0.308 e. The van der Waals surface area contributed by atoms with Crippen LogP contribution in [0.1, 0.15) is 16.7 Å². The number of hydrogen-bond acceptors (Lipinski definition) is 3. The Hall–Kier alpha value is -1.83. The molecule has 5 heteroatoms. The Labute approximate surface area is 111 Å². The molecule has 0 fully saturated rings. The Morgan fingerprint density at radius 3 is 2.89 bits per heavy atom. The monoisotopic (exact) mass is 260 g/mol. The summed E-state index contributed by atoms with van der Waals surface area (Å²) in [4.78, 5) is 0. The SMILES string of the molecule is Cn1cc(CNCc2ccc(C#N)cc2Cl)cn1. The second-order valence-electron chi connectivity index (χ2n) is 4.04. The van der Waals surface area contributed by atoms with Crippen molar-refractivity contribution < 1.29 is 0 Å². The molecule has 2 rings (SSSR count). The zero-order valence-electron chi connectivity index (χ0n) is 10.0.